The number of anilines is 1. The topological polar surface area (TPSA) is 146 Å². The van der Waals surface area contributed by atoms with Gasteiger partial charge in [0.2, 0.25) is 10.0 Å². The van der Waals surface area contributed by atoms with Crippen LogP contribution >= 0.6 is 0 Å². The van der Waals surface area contributed by atoms with Crippen LogP contribution in [-0.4, -0.2) is 35.3 Å². The highest BCUT2D eigenvalue weighted by Crippen LogP contribution is 2.34. The van der Waals surface area contributed by atoms with Crippen LogP contribution in [0, 0.1) is 0 Å². The maximum atomic E-state index is 12.2. The summed E-state index contributed by atoms with van der Waals surface area (Å²) in [7, 11) is -3.44. The Labute approximate surface area is 181 Å². The van der Waals surface area contributed by atoms with Crippen LogP contribution in [0.4, 0.5) is 5.69 Å². The normalized spacial score (nSPS) is 11.5. The predicted molar refractivity (Wildman–Crippen MR) is 120 cm³/mol. The monoisotopic (exact) mass is 442 g/mol. The highest BCUT2D eigenvalue weighted by atomic mass is 32.2. The number of aromatic nitrogens is 3. The van der Waals surface area contributed by atoms with Gasteiger partial charge in [0.05, 0.1) is 23.8 Å². The molecular formula is C21H26N6O3S. The van der Waals surface area contributed by atoms with Crippen molar-refractivity contribution in [1.29, 1.82) is 0 Å². The first kappa shape index (κ1) is 22.4. The Balaban J connectivity index is 2.28. The Morgan fingerprint density at radius 2 is 2.03 bits per heavy atom. The highest BCUT2D eigenvalue weighted by molar-refractivity contribution is 7.92. The van der Waals surface area contributed by atoms with E-state index >= 15 is 0 Å². The minimum absolute atomic E-state index is 0.159. The Kier molecular flexibility index (Phi) is 6.71. The smallest absolute Gasteiger partial charge is 0.269 e. The van der Waals surface area contributed by atoms with E-state index in [1.807, 2.05) is 6.07 Å². The van der Waals surface area contributed by atoms with Crippen LogP contribution in [-0.2, 0) is 23.0 Å². The molecule has 0 saturated heterocycles. The van der Waals surface area contributed by atoms with E-state index in [1.54, 1.807) is 41.3 Å². The number of unbranched alkanes of at least 4 members (excludes halogenated alkanes) is 1. The molecule has 1 aromatic carbocycles. The zero-order chi connectivity index (χ0) is 22.6. The highest BCUT2D eigenvalue weighted by Gasteiger charge is 2.24. The van der Waals surface area contributed by atoms with E-state index in [2.05, 4.69) is 21.7 Å². The van der Waals surface area contributed by atoms with Crippen LogP contribution in [0.5, 0.6) is 0 Å². The second-order valence-electron chi connectivity index (χ2n) is 7.22. The number of rotatable bonds is 9. The van der Waals surface area contributed by atoms with Gasteiger partial charge in [0.1, 0.15) is 0 Å². The lowest BCUT2D eigenvalue weighted by Crippen LogP contribution is -2.14. The van der Waals surface area contributed by atoms with Crippen molar-refractivity contribution in [1.82, 2.24) is 14.8 Å². The zero-order valence-electron chi connectivity index (χ0n) is 17.5. The molecule has 31 heavy (non-hydrogen) atoms. The Bertz CT molecular complexity index is 1190. The quantitative estimate of drug-likeness (QED) is 0.463. The average Bonchev–Trinajstić information content (AvgIpc) is 3.11. The SMILES string of the molecule is CCCCc1c(C(N)=O)nn(-c2cccnc2)c1-c1ccc(NS(C)(=O)=O)cc1CN. The first-order valence-corrected chi connectivity index (χ1v) is 11.8. The molecule has 0 bridgehead atoms. The van der Waals surface area contributed by atoms with Gasteiger partial charge in [-0.25, -0.2) is 13.1 Å². The fourth-order valence-electron chi connectivity index (χ4n) is 3.45. The lowest BCUT2D eigenvalue weighted by atomic mass is 9.96. The number of sulfonamides is 1. The number of hydrogen-bond acceptors (Lipinski definition) is 6. The standard InChI is InChI=1S/C21H26N6O3S/c1-3-4-7-18-19(21(23)28)25-27(16-6-5-10-24-13-16)20(18)17-9-8-15(11-14(17)12-22)26-31(2,29)30/h5-6,8-11,13,26H,3-4,7,12,22H2,1-2H3,(H2,23,28). The number of primary amides is 1. The van der Waals surface area contributed by atoms with Crippen LogP contribution in [0.1, 0.15) is 41.4 Å². The van der Waals surface area contributed by atoms with Crippen LogP contribution in [0.3, 0.4) is 0 Å². The molecule has 10 heteroatoms. The summed E-state index contributed by atoms with van der Waals surface area (Å²) in [5.74, 6) is -0.611. The van der Waals surface area contributed by atoms with Crippen molar-refractivity contribution in [3.63, 3.8) is 0 Å². The fraction of sp³-hybridized carbons (Fsp3) is 0.286. The lowest BCUT2D eigenvalue weighted by molar-refractivity contribution is 0.0994. The summed E-state index contributed by atoms with van der Waals surface area (Å²) in [6.45, 7) is 2.22. The Morgan fingerprint density at radius 3 is 2.61 bits per heavy atom. The molecule has 0 atom stereocenters. The van der Waals surface area contributed by atoms with Crippen LogP contribution in [0.25, 0.3) is 16.9 Å². The molecule has 3 aromatic rings. The summed E-state index contributed by atoms with van der Waals surface area (Å²) in [6.07, 6.45) is 6.76. The molecule has 3 rings (SSSR count). The van der Waals surface area contributed by atoms with Crippen LogP contribution < -0.4 is 16.2 Å². The molecular weight excluding hydrogens is 416 g/mol. The molecule has 2 heterocycles. The molecule has 0 aliphatic rings. The maximum absolute atomic E-state index is 12.2. The minimum atomic E-state index is -3.44. The van der Waals surface area contributed by atoms with Gasteiger partial charge in [-0.3, -0.25) is 14.5 Å². The van der Waals surface area contributed by atoms with E-state index in [1.165, 1.54) is 0 Å². The largest absolute Gasteiger partial charge is 0.364 e. The molecule has 0 unspecified atom stereocenters. The number of benzene rings is 1. The molecule has 0 saturated carbocycles. The number of carbonyl (C=O) groups excluding carboxylic acids is 1. The molecule has 9 nitrogen and oxygen atoms in total. The number of nitrogens with one attached hydrogen (secondary N) is 1. The molecule has 164 valence electrons. The molecule has 5 N–H and O–H groups in total. The molecule has 0 fully saturated rings. The molecule has 0 radical (unpaired) electrons. The first-order chi connectivity index (χ1) is 14.7. The van der Waals surface area contributed by atoms with E-state index < -0.39 is 15.9 Å². The van der Waals surface area contributed by atoms with Gasteiger partial charge < -0.3 is 11.5 Å². The lowest BCUT2D eigenvalue weighted by Gasteiger charge is -2.15. The Hall–Kier alpha value is -3.24. The van der Waals surface area contributed by atoms with Gasteiger partial charge >= 0.3 is 0 Å². The zero-order valence-corrected chi connectivity index (χ0v) is 18.3. The van der Waals surface area contributed by atoms with Crippen LogP contribution in [0.2, 0.25) is 0 Å². The van der Waals surface area contributed by atoms with E-state index in [0.29, 0.717) is 29.1 Å². The first-order valence-electron chi connectivity index (χ1n) is 9.88. The summed E-state index contributed by atoms with van der Waals surface area (Å²) < 4.78 is 27.4. The summed E-state index contributed by atoms with van der Waals surface area (Å²) in [6, 6.07) is 8.73. The van der Waals surface area contributed by atoms with Gasteiger partial charge in [-0.05, 0) is 42.7 Å². The van der Waals surface area contributed by atoms with E-state index in [4.69, 9.17) is 11.5 Å². The molecule has 1 amide bonds. The number of hydrogen-bond donors (Lipinski definition) is 3. The van der Waals surface area contributed by atoms with Crippen LogP contribution in [0.15, 0.2) is 42.7 Å². The number of nitrogens with zero attached hydrogens (tertiary/aromatic N) is 3. The van der Waals surface area contributed by atoms with Crippen molar-refractivity contribution in [2.75, 3.05) is 11.0 Å². The fourth-order valence-corrected chi connectivity index (χ4v) is 4.01. The van der Waals surface area contributed by atoms with E-state index in [0.717, 1.165) is 30.2 Å². The second kappa shape index (κ2) is 9.27. The van der Waals surface area contributed by atoms with Gasteiger partial charge in [-0.15, -0.1) is 0 Å². The average molecular weight is 443 g/mol. The van der Waals surface area contributed by atoms with Gasteiger partial charge in [-0.2, -0.15) is 5.10 Å². The summed E-state index contributed by atoms with van der Waals surface area (Å²) in [5, 5.41) is 4.52. The van der Waals surface area contributed by atoms with Gasteiger partial charge in [0, 0.05) is 29.6 Å². The molecule has 0 spiro atoms. The second-order valence-corrected chi connectivity index (χ2v) is 8.97. The number of carbonyl (C=O) groups is 1. The maximum Gasteiger partial charge on any atom is 0.269 e. The van der Waals surface area contributed by atoms with E-state index in [-0.39, 0.29) is 12.2 Å². The Morgan fingerprint density at radius 1 is 1.26 bits per heavy atom. The molecule has 0 aliphatic carbocycles. The van der Waals surface area contributed by atoms with Crippen molar-refractivity contribution in [3.8, 4) is 16.9 Å². The van der Waals surface area contributed by atoms with Crippen molar-refractivity contribution in [2.24, 2.45) is 11.5 Å². The van der Waals surface area contributed by atoms with E-state index in [9.17, 15) is 13.2 Å². The van der Waals surface area contributed by atoms with Crippen molar-refractivity contribution in [3.05, 3.63) is 59.5 Å². The number of amides is 1. The predicted octanol–water partition coefficient (Wildman–Crippen LogP) is 2.21. The number of pyridine rings is 1. The summed E-state index contributed by atoms with van der Waals surface area (Å²) >= 11 is 0. The minimum Gasteiger partial charge on any atom is -0.364 e. The number of nitrogens with two attached hydrogens (primary N) is 2. The van der Waals surface area contributed by atoms with Gasteiger partial charge in [-0.1, -0.05) is 19.4 Å². The van der Waals surface area contributed by atoms with Gasteiger partial charge in [0.25, 0.3) is 5.91 Å². The summed E-state index contributed by atoms with van der Waals surface area (Å²) in [4.78, 5) is 16.4. The van der Waals surface area contributed by atoms with Crippen molar-refractivity contribution in [2.45, 2.75) is 32.7 Å². The van der Waals surface area contributed by atoms with Crippen molar-refractivity contribution >= 4 is 21.6 Å². The van der Waals surface area contributed by atoms with Gasteiger partial charge in [0.15, 0.2) is 5.69 Å². The third-order valence-electron chi connectivity index (χ3n) is 4.77. The van der Waals surface area contributed by atoms with Crippen molar-refractivity contribution < 1.29 is 13.2 Å². The third kappa shape index (κ3) is 5.09. The summed E-state index contributed by atoms with van der Waals surface area (Å²) in [5.41, 5.74) is 15.8. The molecule has 2 aromatic heterocycles. The third-order valence-corrected chi connectivity index (χ3v) is 5.38. The molecule has 0 aliphatic heterocycles.